The van der Waals surface area contributed by atoms with Crippen molar-refractivity contribution in [3.63, 3.8) is 0 Å². The number of rotatable bonds is 5. The molecule has 1 saturated heterocycles. The normalized spacial score (nSPS) is 16.4. The van der Waals surface area contributed by atoms with E-state index in [4.69, 9.17) is 14.3 Å². The molecule has 170 valence electrons. The van der Waals surface area contributed by atoms with Crippen LogP contribution in [0.3, 0.4) is 0 Å². The average Bonchev–Trinajstić information content (AvgIpc) is 3.08. The molecule has 34 heavy (non-hydrogen) atoms. The van der Waals surface area contributed by atoms with E-state index in [0.717, 1.165) is 33.8 Å². The van der Waals surface area contributed by atoms with E-state index in [0.29, 0.717) is 0 Å². The molecule has 0 bridgehead atoms. The lowest BCUT2D eigenvalue weighted by molar-refractivity contribution is 0.00578. The van der Waals surface area contributed by atoms with Crippen LogP contribution in [0.15, 0.2) is 103 Å². The van der Waals surface area contributed by atoms with Gasteiger partial charge in [0.2, 0.25) is 0 Å². The summed E-state index contributed by atoms with van der Waals surface area (Å²) in [6.45, 7) is 8.31. The van der Waals surface area contributed by atoms with Gasteiger partial charge in [-0.3, -0.25) is 4.90 Å². The van der Waals surface area contributed by atoms with Crippen LogP contribution in [-0.4, -0.2) is 23.3 Å². The highest BCUT2D eigenvalue weighted by molar-refractivity contribution is 6.62. The van der Waals surface area contributed by atoms with Crippen LogP contribution in [0, 0.1) is 0 Å². The van der Waals surface area contributed by atoms with Crippen molar-refractivity contribution in [1.82, 2.24) is 4.98 Å². The number of hydrogen-bond donors (Lipinski definition) is 0. The van der Waals surface area contributed by atoms with Crippen molar-refractivity contribution < 1.29 is 9.31 Å². The number of pyridine rings is 1. The lowest BCUT2D eigenvalue weighted by atomic mass is 9.79. The number of aromatic nitrogens is 1. The molecule has 1 aliphatic rings. The average molecular weight is 448 g/mol. The molecule has 0 atom stereocenters. The Morgan fingerprint density at radius 3 is 2.09 bits per heavy atom. The van der Waals surface area contributed by atoms with Gasteiger partial charge in [-0.2, -0.15) is 0 Å². The van der Waals surface area contributed by atoms with Crippen LogP contribution in [0.1, 0.15) is 27.7 Å². The van der Waals surface area contributed by atoms with E-state index in [1.807, 2.05) is 30.5 Å². The summed E-state index contributed by atoms with van der Waals surface area (Å²) in [6.07, 6.45) is 1.82. The van der Waals surface area contributed by atoms with Crippen molar-refractivity contribution in [3.05, 3.63) is 103 Å². The SMILES string of the molecule is CC1(C)OB(c2cccc(N(c3ccccn3)c3ccccc3-c3ccccc3)c2)OC1(C)C. The molecule has 0 aliphatic carbocycles. The molecule has 0 amide bonds. The molecule has 4 nitrogen and oxygen atoms in total. The maximum Gasteiger partial charge on any atom is 0.494 e. The second-order valence-electron chi connectivity index (χ2n) is 9.59. The Balaban J connectivity index is 1.63. The zero-order valence-corrected chi connectivity index (χ0v) is 20.1. The molecule has 0 unspecified atom stereocenters. The molecule has 5 heteroatoms. The van der Waals surface area contributed by atoms with E-state index in [-0.39, 0.29) is 0 Å². The van der Waals surface area contributed by atoms with Gasteiger partial charge in [0, 0.05) is 17.4 Å². The molecule has 1 fully saturated rings. The van der Waals surface area contributed by atoms with Crippen LogP contribution in [-0.2, 0) is 9.31 Å². The van der Waals surface area contributed by atoms with E-state index in [9.17, 15) is 0 Å². The first-order valence-electron chi connectivity index (χ1n) is 11.7. The molecule has 0 spiro atoms. The second-order valence-corrected chi connectivity index (χ2v) is 9.59. The van der Waals surface area contributed by atoms with Gasteiger partial charge in [-0.15, -0.1) is 0 Å². The molecule has 2 heterocycles. The summed E-state index contributed by atoms with van der Waals surface area (Å²) in [7, 11) is -0.431. The largest absolute Gasteiger partial charge is 0.494 e. The Bertz CT molecular complexity index is 1260. The van der Waals surface area contributed by atoms with Gasteiger partial charge in [-0.25, -0.2) is 4.98 Å². The first kappa shape index (κ1) is 22.4. The summed E-state index contributed by atoms with van der Waals surface area (Å²) in [5, 5.41) is 0. The maximum atomic E-state index is 6.33. The van der Waals surface area contributed by atoms with Crippen LogP contribution in [0.5, 0.6) is 0 Å². The summed E-state index contributed by atoms with van der Waals surface area (Å²) in [4.78, 5) is 6.89. The lowest BCUT2D eigenvalue weighted by Crippen LogP contribution is -2.41. The highest BCUT2D eigenvalue weighted by Gasteiger charge is 2.51. The zero-order chi connectivity index (χ0) is 23.8. The molecule has 0 radical (unpaired) electrons. The van der Waals surface area contributed by atoms with Gasteiger partial charge < -0.3 is 9.31 Å². The van der Waals surface area contributed by atoms with Gasteiger partial charge in [-0.1, -0.05) is 66.7 Å². The van der Waals surface area contributed by atoms with E-state index < -0.39 is 18.3 Å². The van der Waals surface area contributed by atoms with Crippen molar-refractivity contribution >= 4 is 29.8 Å². The van der Waals surface area contributed by atoms with Crippen LogP contribution in [0.25, 0.3) is 11.1 Å². The molecule has 5 rings (SSSR count). The minimum Gasteiger partial charge on any atom is -0.399 e. The minimum atomic E-state index is -0.431. The predicted molar refractivity (Wildman–Crippen MR) is 140 cm³/mol. The summed E-state index contributed by atoms with van der Waals surface area (Å²) >= 11 is 0. The van der Waals surface area contributed by atoms with Crippen molar-refractivity contribution in [1.29, 1.82) is 0 Å². The highest BCUT2D eigenvalue weighted by Crippen LogP contribution is 2.40. The topological polar surface area (TPSA) is 34.6 Å². The summed E-state index contributed by atoms with van der Waals surface area (Å²) in [5.41, 5.74) is 4.53. The Labute approximate surface area is 202 Å². The number of nitrogens with zero attached hydrogens (tertiary/aromatic N) is 2. The van der Waals surface area contributed by atoms with Crippen molar-refractivity contribution in [2.75, 3.05) is 4.90 Å². The molecule has 0 saturated carbocycles. The van der Waals surface area contributed by atoms with Gasteiger partial charge in [0.1, 0.15) is 5.82 Å². The minimum absolute atomic E-state index is 0.395. The molecular formula is C29H29BN2O2. The molecular weight excluding hydrogens is 419 g/mol. The van der Waals surface area contributed by atoms with Gasteiger partial charge in [0.25, 0.3) is 0 Å². The summed E-state index contributed by atoms with van der Waals surface area (Å²) in [6, 6.07) is 33.2. The Hall–Kier alpha value is -3.41. The lowest BCUT2D eigenvalue weighted by Gasteiger charge is -2.32. The van der Waals surface area contributed by atoms with Crippen LogP contribution in [0.2, 0.25) is 0 Å². The Morgan fingerprint density at radius 2 is 1.38 bits per heavy atom. The maximum absolute atomic E-state index is 6.33. The molecule has 3 aromatic carbocycles. The van der Waals surface area contributed by atoms with Crippen molar-refractivity contribution in [2.24, 2.45) is 0 Å². The van der Waals surface area contributed by atoms with Gasteiger partial charge in [0.15, 0.2) is 0 Å². The number of benzene rings is 3. The third kappa shape index (κ3) is 4.13. The van der Waals surface area contributed by atoms with E-state index in [1.165, 1.54) is 0 Å². The first-order valence-corrected chi connectivity index (χ1v) is 11.7. The van der Waals surface area contributed by atoms with E-state index >= 15 is 0 Å². The van der Waals surface area contributed by atoms with Gasteiger partial charge in [0.05, 0.1) is 16.9 Å². The van der Waals surface area contributed by atoms with Crippen molar-refractivity contribution in [2.45, 2.75) is 38.9 Å². The Morgan fingerprint density at radius 1 is 0.706 bits per heavy atom. The number of anilines is 3. The predicted octanol–water partition coefficient (Wildman–Crippen LogP) is 6.52. The van der Waals surface area contributed by atoms with Crippen LogP contribution in [0.4, 0.5) is 17.2 Å². The molecule has 1 aromatic heterocycles. The van der Waals surface area contributed by atoms with Gasteiger partial charge in [-0.05, 0) is 69.1 Å². The van der Waals surface area contributed by atoms with Gasteiger partial charge >= 0.3 is 7.12 Å². The van der Waals surface area contributed by atoms with Crippen LogP contribution >= 0.6 is 0 Å². The number of para-hydroxylation sites is 1. The fraction of sp³-hybridized carbons (Fsp3) is 0.207. The molecule has 0 N–H and O–H groups in total. The fourth-order valence-electron chi connectivity index (χ4n) is 4.20. The quantitative estimate of drug-likeness (QED) is 0.326. The molecule has 4 aromatic rings. The summed E-state index contributed by atoms with van der Waals surface area (Å²) in [5.74, 6) is 0.844. The zero-order valence-electron chi connectivity index (χ0n) is 20.1. The van der Waals surface area contributed by atoms with Crippen LogP contribution < -0.4 is 10.4 Å². The smallest absolute Gasteiger partial charge is 0.399 e. The number of hydrogen-bond acceptors (Lipinski definition) is 4. The van der Waals surface area contributed by atoms with E-state index in [2.05, 4.69) is 105 Å². The standard InChI is InChI=1S/C29H29BN2O2/c1-28(2)29(3,4)34-30(33-28)23-15-12-16-24(21-23)32(27-19-10-11-20-31-27)26-18-9-8-17-25(26)22-13-6-5-7-14-22/h5-21H,1-4H3. The van der Waals surface area contributed by atoms with E-state index in [1.54, 1.807) is 0 Å². The monoisotopic (exact) mass is 448 g/mol. The van der Waals surface area contributed by atoms with Crippen molar-refractivity contribution in [3.8, 4) is 11.1 Å². The highest BCUT2D eigenvalue weighted by atomic mass is 16.7. The second kappa shape index (κ2) is 8.75. The fourth-order valence-corrected chi connectivity index (χ4v) is 4.20. The first-order chi connectivity index (χ1) is 16.4. The third-order valence-electron chi connectivity index (χ3n) is 6.76. The summed E-state index contributed by atoms with van der Waals surface area (Å²) < 4.78 is 12.7. The molecule has 1 aliphatic heterocycles. The third-order valence-corrected chi connectivity index (χ3v) is 6.76. The Kier molecular flexibility index (Phi) is 5.76.